The van der Waals surface area contributed by atoms with Crippen LogP contribution in [0.4, 0.5) is 0 Å². The van der Waals surface area contributed by atoms with Gasteiger partial charge in [0.1, 0.15) is 0 Å². The first-order chi connectivity index (χ1) is 8.49. The van der Waals surface area contributed by atoms with Gasteiger partial charge in [0.2, 0.25) is 16.1 Å². The van der Waals surface area contributed by atoms with Gasteiger partial charge in [0.05, 0.1) is 5.75 Å². The Morgan fingerprint density at radius 3 is 2.17 bits per heavy atom. The second-order valence-electron chi connectivity index (χ2n) is 5.34. The lowest BCUT2D eigenvalue weighted by molar-refractivity contribution is -0.526. The molecule has 104 valence electrons. The zero-order valence-electron chi connectivity index (χ0n) is 10.5. The van der Waals surface area contributed by atoms with E-state index >= 15 is 0 Å². The number of sulfonamides is 1. The summed E-state index contributed by atoms with van der Waals surface area (Å²) in [6.45, 7) is 1.29. The zero-order chi connectivity index (χ0) is 13.2. The number of nitro groups is 1. The van der Waals surface area contributed by atoms with Crippen LogP contribution in [0, 0.1) is 16.0 Å². The Balaban J connectivity index is 1.85. The highest BCUT2D eigenvalue weighted by molar-refractivity contribution is 7.89. The molecule has 0 unspecified atom stereocenters. The Bertz CT molecular complexity index is 395. The first kappa shape index (κ1) is 13.7. The van der Waals surface area contributed by atoms with E-state index in [9.17, 15) is 18.5 Å². The summed E-state index contributed by atoms with van der Waals surface area (Å²) in [4.78, 5) is 10.4. The predicted octanol–water partition coefficient (Wildman–Crippen LogP) is 1.25. The van der Waals surface area contributed by atoms with Crippen LogP contribution in [0.2, 0.25) is 0 Å². The molecule has 1 heterocycles. The summed E-state index contributed by atoms with van der Waals surface area (Å²) in [5, 5.41) is 10.6. The molecule has 0 aromatic rings. The van der Waals surface area contributed by atoms with Crippen LogP contribution < -0.4 is 0 Å². The van der Waals surface area contributed by atoms with Crippen molar-refractivity contribution in [1.29, 1.82) is 0 Å². The number of nitrogens with zero attached hydrogens (tertiary/aromatic N) is 2. The molecule has 0 radical (unpaired) electrons. The molecule has 2 rings (SSSR count). The quantitative estimate of drug-likeness (QED) is 0.571. The van der Waals surface area contributed by atoms with Crippen molar-refractivity contribution >= 4 is 10.0 Å². The van der Waals surface area contributed by atoms with E-state index in [1.54, 1.807) is 4.31 Å². The molecular weight excluding hydrogens is 256 g/mol. The van der Waals surface area contributed by atoms with Gasteiger partial charge in [0.15, 0.2) is 0 Å². The second kappa shape index (κ2) is 5.52. The van der Waals surface area contributed by atoms with Crippen LogP contribution >= 0.6 is 0 Å². The largest absolute Gasteiger partial charge is 0.264 e. The molecule has 6 nitrogen and oxygen atoms in total. The average Bonchev–Trinajstić information content (AvgIpc) is 2.83. The maximum atomic E-state index is 12.1. The van der Waals surface area contributed by atoms with Gasteiger partial charge in [-0.05, 0) is 31.6 Å². The summed E-state index contributed by atoms with van der Waals surface area (Å²) in [6.07, 6.45) is 4.28. The lowest BCUT2D eigenvalue weighted by Crippen LogP contribution is -2.35. The third kappa shape index (κ3) is 3.20. The van der Waals surface area contributed by atoms with E-state index in [2.05, 4.69) is 0 Å². The van der Waals surface area contributed by atoms with Crippen molar-refractivity contribution in [2.24, 2.45) is 5.92 Å². The van der Waals surface area contributed by atoms with Crippen molar-refractivity contribution in [3.8, 4) is 0 Å². The van der Waals surface area contributed by atoms with Crippen LogP contribution in [-0.4, -0.2) is 42.5 Å². The van der Waals surface area contributed by atoms with Crippen LogP contribution in [0.5, 0.6) is 0 Å². The number of rotatable bonds is 4. The summed E-state index contributed by atoms with van der Waals surface area (Å²) in [5.74, 6) is 0.282. The fraction of sp³-hybridized carbons (Fsp3) is 1.00. The lowest BCUT2D eigenvalue weighted by Gasteiger charge is -2.25. The van der Waals surface area contributed by atoms with Gasteiger partial charge in [0, 0.05) is 30.9 Å². The van der Waals surface area contributed by atoms with E-state index in [1.165, 1.54) is 0 Å². The van der Waals surface area contributed by atoms with Crippen molar-refractivity contribution in [2.75, 3.05) is 18.8 Å². The molecule has 0 N–H and O–H groups in total. The van der Waals surface area contributed by atoms with Crippen LogP contribution in [0.3, 0.4) is 0 Å². The zero-order valence-corrected chi connectivity index (χ0v) is 11.3. The molecule has 2 aliphatic rings. The normalized spacial score (nSPS) is 30.4. The fourth-order valence-corrected chi connectivity index (χ4v) is 4.85. The SMILES string of the molecule is O=[N+]([O-])C1CCC(CS(=O)(=O)N2CCCC2)CC1. The van der Waals surface area contributed by atoms with Crippen molar-refractivity contribution < 1.29 is 13.3 Å². The third-order valence-corrected chi connectivity index (χ3v) is 6.06. The molecule has 1 aliphatic carbocycles. The van der Waals surface area contributed by atoms with E-state index < -0.39 is 16.1 Å². The first-order valence-corrected chi connectivity index (χ1v) is 8.21. The summed E-state index contributed by atoms with van der Waals surface area (Å²) in [6, 6.07) is -0.462. The fourth-order valence-electron chi connectivity index (χ4n) is 2.89. The Labute approximate surface area is 108 Å². The van der Waals surface area contributed by atoms with Gasteiger partial charge in [-0.25, -0.2) is 12.7 Å². The Morgan fingerprint density at radius 2 is 1.67 bits per heavy atom. The van der Waals surface area contributed by atoms with Gasteiger partial charge in [0.25, 0.3) is 0 Å². The average molecular weight is 276 g/mol. The monoisotopic (exact) mass is 276 g/mol. The lowest BCUT2D eigenvalue weighted by atomic mass is 9.87. The van der Waals surface area contributed by atoms with E-state index in [4.69, 9.17) is 0 Å². The minimum atomic E-state index is -3.13. The predicted molar refractivity (Wildman–Crippen MR) is 67.3 cm³/mol. The van der Waals surface area contributed by atoms with E-state index in [0.717, 1.165) is 12.8 Å². The Hall–Kier alpha value is -0.690. The van der Waals surface area contributed by atoms with Gasteiger partial charge < -0.3 is 0 Å². The Morgan fingerprint density at radius 1 is 1.11 bits per heavy atom. The van der Waals surface area contributed by atoms with Crippen molar-refractivity contribution in [3.05, 3.63) is 10.1 Å². The molecular formula is C11H20N2O4S. The Kier molecular flexibility index (Phi) is 4.21. The highest BCUT2D eigenvalue weighted by Gasteiger charge is 2.33. The van der Waals surface area contributed by atoms with Crippen LogP contribution in [0.25, 0.3) is 0 Å². The summed E-state index contributed by atoms with van der Waals surface area (Å²) in [7, 11) is -3.13. The van der Waals surface area contributed by atoms with E-state index in [0.29, 0.717) is 38.8 Å². The van der Waals surface area contributed by atoms with Gasteiger partial charge in [-0.15, -0.1) is 0 Å². The summed E-state index contributed by atoms with van der Waals surface area (Å²) in [5.41, 5.74) is 0. The standard InChI is InChI=1S/C11H20N2O4S/c14-13(15)11-5-3-10(4-6-11)9-18(16,17)12-7-1-2-8-12/h10-11H,1-9H2. The van der Waals surface area contributed by atoms with Crippen molar-refractivity contribution in [1.82, 2.24) is 4.31 Å². The van der Waals surface area contributed by atoms with Crippen molar-refractivity contribution in [3.63, 3.8) is 0 Å². The third-order valence-electron chi connectivity index (χ3n) is 4.02. The molecule has 1 aliphatic heterocycles. The van der Waals surface area contributed by atoms with Gasteiger partial charge >= 0.3 is 0 Å². The smallest absolute Gasteiger partial charge is 0.214 e. The van der Waals surface area contributed by atoms with E-state index in [-0.39, 0.29) is 16.6 Å². The van der Waals surface area contributed by atoms with Crippen molar-refractivity contribution in [2.45, 2.75) is 44.6 Å². The summed E-state index contributed by atoms with van der Waals surface area (Å²) >= 11 is 0. The minimum Gasteiger partial charge on any atom is -0.264 e. The van der Waals surface area contributed by atoms with Gasteiger partial charge in [-0.1, -0.05) is 0 Å². The topological polar surface area (TPSA) is 80.5 Å². The molecule has 1 saturated heterocycles. The molecule has 0 bridgehead atoms. The molecule has 0 aromatic heterocycles. The maximum absolute atomic E-state index is 12.1. The molecule has 0 atom stereocenters. The van der Waals surface area contributed by atoms with E-state index in [1.807, 2.05) is 0 Å². The molecule has 18 heavy (non-hydrogen) atoms. The highest BCUT2D eigenvalue weighted by atomic mass is 32.2. The van der Waals surface area contributed by atoms with Gasteiger partial charge in [-0.3, -0.25) is 10.1 Å². The molecule has 0 spiro atoms. The van der Waals surface area contributed by atoms with Crippen LogP contribution in [-0.2, 0) is 10.0 Å². The van der Waals surface area contributed by atoms with Crippen LogP contribution in [0.1, 0.15) is 38.5 Å². The molecule has 2 fully saturated rings. The number of hydrogen-bond acceptors (Lipinski definition) is 4. The first-order valence-electron chi connectivity index (χ1n) is 6.60. The molecule has 0 aromatic carbocycles. The summed E-state index contributed by atoms with van der Waals surface area (Å²) < 4.78 is 25.8. The maximum Gasteiger partial charge on any atom is 0.214 e. The second-order valence-corrected chi connectivity index (χ2v) is 7.36. The molecule has 0 amide bonds. The minimum absolute atomic E-state index is 0.104. The molecule has 1 saturated carbocycles. The molecule has 7 heteroatoms. The van der Waals surface area contributed by atoms with Gasteiger partial charge in [-0.2, -0.15) is 0 Å². The number of hydrogen-bond donors (Lipinski definition) is 0. The highest BCUT2D eigenvalue weighted by Crippen LogP contribution is 2.28. The van der Waals surface area contributed by atoms with Crippen LogP contribution in [0.15, 0.2) is 0 Å².